The zero-order chi connectivity index (χ0) is 14.9. The summed E-state index contributed by atoms with van der Waals surface area (Å²) in [5.74, 6) is 0. The first-order valence-corrected chi connectivity index (χ1v) is 7.62. The van der Waals surface area contributed by atoms with E-state index in [9.17, 15) is 18.5 Å². The van der Waals surface area contributed by atoms with Crippen molar-refractivity contribution in [3.05, 3.63) is 32.3 Å². The number of sulfonamides is 1. The number of nitrogens with zero attached hydrogens (tertiary/aromatic N) is 2. The zero-order valence-corrected chi connectivity index (χ0v) is 12.2. The number of benzene rings is 1. The minimum absolute atomic E-state index is 0.215. The third-order valence-electron chi connectivity index (χ3n) is 2.47. The van der Waals surface area contributed by atoms with Crippen molar-refractivity contribution in [3.63, 3.8) is 0 Å². The molecule has 1 aromatic carbocycles. The van der Waals surface area contributed by atoms with Gasteiger partial charge in [-0.05, 0) is 12.5 Å². The van der Waals surface area contributed by atoms with E-state index in [0.717, 1.165) is 17.3 Å². The summed E-state index contributed by atoms with van der Waals surface area (Å²) in [5, 5.41) is 11.0. The lowest BCUT2D eigenvalue weighted by Crippen LogP contribution is -2.39. The van der Waals surface area contributed by atoms with Crippen molar-refractivity contribution in [3.8, 4) is 0 Å². The Bertz CT molecular complexity index is 645. The molecular weight excluding hydrogens is 333 g/mol. The number of hydrazine groups is 1. The quantitative estimate of drug-likeness (QED) is 0.660. The van der Waals surface area contributed by atoms with Gasteiger partial charge in [-0.2, -0.15) is 0 Å². The first-order chi connectivity index (χ1) is 9.33. The molecular formula is C9H9Cl2N3O5S. The number of halogens is 2. The molecule has 20 heavy (non-hydrogen) atoms. The Labute approximate surface area is 124 Å². The van der Waals surface area contributed by atoms with Crippen LogP contribution in [0.2, 0.25) is 10.0 Å². The highest BCUT2D eigenvalue weighted by Crippen LogP contribution is 2.36. The van der Waals surface area contributed by atoms with Crippen molar-refractivity contribution in [2.24, 2.45) is 0 Å². The van der Waals surface area contributed by atoms with Gasteiger partial charge in [0.25, 0.3) is 15.7 Å². The Kier molecular flexibility index (Phi) is 4.47. The van der Waals surface area contributed by atoms with Gasteiger partial charge in [-0.3, -0.25) is 15.0 Å². The number of hydrogen-bond donors (Lipinski definition) is 1. The molecule has 110 valence electrons. The van der Waals surface area contributed by atoms with Gasteiger partial charge in [0.1, 0.15) is 9.92 Å². The number of nitro benzene ring substituents is 1. The summed E-state index contributed by atoms with van der Waals surface area (Å²) >= 11 is 11.6. The number of nitro groups is 1. The number of rotatable bonds is 4. The largest absolute Gasteiger partial charge is 0.289 e. The van der Waals surface area contributed by atoms with Gasteiger partial charge in [0.15, 0.2) is 0 Å². The predicted octanol–water partition coefficient (Wildman–Crippen LogP) is 1.73. The summed E-state index contributed by atoms with van der Waals surface area (Å²) in [7, 11) is -4.18. The minimum atomic E-state index is -4.18. The topological polar surface area (TPSA) is 102 Å². The molecule has 1 fully saturated rings. The molecule has 8 nitrogen and oxygen atoms in total. The van der Waals surface area contributed by atoms with E-state index in [0.29, 0.717) is 19.6 Å². The molecule has 0 saturated carbocycles. The van der Waals surface area contributed by atoms with Crippen LogP contribution in [-0.2, 0) is 14.9 Å². The fraction of sp³-hybridized carbons (Fsp3) is 0.333. The number of hydroxylamine groups is 1. The average molecular weight is 342 g/mol. The van der Waals surface area contributed by atoms with Crippen molar-refractivity contribution < 1.29 is 18.2 Å². The number of nitrogens with one attached hydrogen (secondary N) is 1. The van der Waals surface area contributed by atoms with Crippen LogP contribution in [-0.4, -0.2) is 31.7 Å². The van der Waals surface area contributed by atoms with Gasteiger partial charge in [-0.25, -0.2) is 8.42 Å². The maximum Gasteiger partial charge on any atom is 0.289 e. The van der Waals surface area contributed by atoms with Gasteiger partial charge in [0, 0.05) is 12.6 Å². The van der Waals surface area contributed by atoms with Crippen LogP contribution >= 0.6 is 23.2 Å². The van der Waals surface area contributed by atoms with E-state index < -0.39 is 30.6 Å². The van der Waals surface area contributed by atoms with E-state index in [1.807, 2.05) is 0 Å². The highest BCUT2D eigenvalue weighted by atomic mass is 35.5. The molecule has 0 bridgehead atoms. The van der Waals surface area contributed by atoms with Crippen LogP contribution in [0.4, 0.5) is 5.69 Å². The van der Waals surface area contributed by atoms with Gasteiger partial charge < -0.3 is 0 Å². The summed E-state index contributed by atoms with van der Waals surface area (Å²) in [5.41, 5.74) is -0.543. The smallest absolute Gasteiger partial charge is 0.283 e. The standard InChI is InChI=1S/C9H9Cl2N3O5S/c10-6-2-3-7(14(15)16)8(11)9(6)20(17,18)12-13-4-1-5-19-13/h2-3,12H,1,4-5H2. The summed E-state index contributed by atoms with van der Waals surface area (Å²) < 4.78 is 24.4. The lowest BCUT2D eigenvalue weighted by molar-refractivity contribution is -0.384. The Morgan fingerprint density at radius 1 is 1.40 bits per heavy atom. The maximum absolute atomic E-state index is 12.2. The van der Waals surface area contributed by atoms with Crippen molar-refractivity contribution in [2.45, 2.75) is 11.3 Å². The molecule has 1 N–H and O–H groups in total. The van der Waals surface area contributed by atoms with E-state index in [1.165, 1.54) is 0 Å². The van der Waals surface area contributed by atoms with Gasteiger partial charge in [-0.1, -0.05) is 23.2 Å². The summed E-state index contributed by atoms with van der Waals surface area (Å²) in [6, 6.07) is 2.14. The summed E-state index contributed by atoms with van der Waals surface area (Å²) in [6.45, 7) is 0.725. The first-order valence-electron chi connectivity index (χ1n) is 5.38. The maximum atomic E-state index is 12.2. The SMILES string of the molecule is O=[N+]([O-])c1ccc(Cl)c(S(=O)(=O)NN2CCCO2)c1Cl. The molecule has 0 radical (unpaired) electrons. The van der Waals surface area contributed by atoms with Crippen LogP contribution in [0.1, 0.15) is 6.42 Å². The van der Waals surface area contributed by atoms with E-state index in [-0.39, 0.29) is 5.02 Å². The Balaban J connectivity index is 2.44. The average Bonchev–Trinajstić information content (AvgIpc) is 2.79. The third kappa shape index (κ3) is 3.03. The molecule has 2 rings (SSSR count). The second-order valence-corrected chi connectivity index (χ2v) is 6.23. The zero-order valence-electron chi connectivity index (χ0n) is 9.88. The summed E-state index contributed by atoms with van der Waals surface area (Å²) in [6.07, 6.45) is 0.652. The first kappa shape index (κ1) is 15.4. The van der Waals surface area contributed by atoms with Gasteiger partial charge in [-0.15, -0.1) is 10.0 Å². The predicted molar refractivity (Wildman–Crippen MR) is 70.7 cm³/mol. The molecule has 1 aliphatic heterocycles. The minimum Gasteiger partial charge on any atom is -0.283 e. The van der Waals surface area contributed by atoms with Crippen molar-refractivity contribution in [1.29, 1.82) is 0 Å². The third-order valence-corrected chi connectivity index (χ3v) is 4.80. The molecule has 1 heterocycles. The normalized spacial score (nSPS) is 16.5. The van der Waals surface area contributed by atoms with Gasteiger partial charge in [0.05, 0.1) is 16.6 Å². The van der Waals surface area contributed by atoms with Crippen LogP contribution in [0, 0.1) is 10.1 Å². The molecule has 1 saturated heterocycles. The van der Waals surface area contributed by atoms with E-state index in [1.54, 1.807) is 0 Å². The van der Waals surface area contributed by atoms with E-state index in [4.69, 9.17) is 28.0 Å². The fourth-order valence-corrected chi connectivity index (χ4v) is 3.83. The van der Waals surface area contributed by atoms with Crippen LogP contribution in [0.3, 0.4) is 0 Å². The highest BCUT2D eigenvalue weighted by molar-refractivity contribution is 7.89. The molecule has 0 aromatic heterocycles. The van der Waals surface area contributed by atoms with E-state index >= 15 is 0 Å². The molecule has 0 amide bonds. The Morgan fingerprint density at radius 2 is 2.10 bits per heavy atom. The second-order valence-electron chi connectivity index (χ2n) is 3.85. The van der Waals surface area contributed by atoms with Crippen molar-refractivity contribution in [2.75, 3.05) is 13.2 Å². The van der Waals surface area contributed by atoms with Crippen LogP contribution in [0.15, 0.2) is 17.0 Å². The van der Waals surface area contributed by atoms with Crippen LogP contribution in [0.5, 0.6) is 0 Å². The molecule has 11 heteroatoms. The Morgan fingerprint density at radius 3 is 2.65 bits per heavy atom. The number of hydrogen-bond acceptors (Lipinski definition) is 6. The summed E-state index contributed by atoms with van der Waals surface area (Å²) in [4.78, 5) is 16.5. The molecule has 0 spiro atoms. The fourth-order valence-electron chi connectivity index (χ4n) is 1.61. The Hall–Kier alpha value is -0.970. The van der Waals surface area contributed by atoms with Gasteiger partial charge in [0.2, 0.25) is 0 Å². The van der Waals surface area contributed by atoms with Gasteiger partial charge >= 0.3 is 0 Å². The van der Waals surface area contributed by atoms with E-state index in [2.05, 4.69) is 4.83 Å². The van der Waals surface area contributed by atoms with Crippen LogP contribution < -0.4 is 4.83 Å². The monoisotopic (exact) mass is 341 g/mol. The molecule has 1 aliphatic rings. The van der Waals surface area contributed by atoms with Crippen LogP contribution in [0.25, 0.3) is 0 Å². The van der Waals surface area contributed by atoms with Crippen molar-refractivity contribution in [1.82, 2.24) is 10.0 Å². The molecule has 0 unspecified atom stereocenters. The van der Waals surface area contributed by atoms with Crippen molar-refractivity contribution >= 4 is 38.9 Å². The molecule has 0 atom stereocenters. The molecule has 1 aromatic rings. The second kappa shape index (κ2) is 5.80. The molecule has 0 aliphatic carbocycles. The lowest BCUT2D eigenvalue weighted by atomic mass is 10.3. The highest BCUT2D eigenvalue weighted by Gasteiger charge is 2.30. The lowest BCUT2D eigenvalue weighted by Gasteiger charge is -2.16.